The molecular formula is C18H26N4O5S. The van der Waals surface area contributed by atoms with Crippen LogP contribution in [0.15, 0.2) is 33.7 Å². The van der Waals surface area contributed by atoms with Gasteiger partial charge >= 0.3 is 0 Å². The van der Waals surface area contributed by atoms with Gasteiger partial charge < -0.3 is 14.6 Å². The highest BCUT2D eigenvalue weighted by molar-refractivity contribution is 7.89. The lowest BCUT2D eigenvalue weighted by molar-refractivity contribution is -0.123. The second-order valence-electron chi connectivity index (χ2n) is 6.65. The van der Waals surface area contributed by atoms with Gasteiger partial charge in [0, 0.05) is 13.0 Å². The predicted molar refractivity (Wildman–Crippen MR) is 102 cm³/mol. The molecule has 1 aromatic carbocycles. The fraction of sp³-hybridized carbons (Fsp3) is 0.500. The zero-order chi connectivity index (χ0) is 20.7. The highest BCUT2D eigenvalue weighted by atomic mass is 32.2. The van der Waals surface area contributed by atoms with E-state index in [1.54, 1.807) is 32.9 Å². The number of carbonyl (C=O) groups is 1. The second kappa shape index (κ2) is 9.65. The number of nitrogens with zero attached hydrogens (tertiary/aromatic N) is 2. The Morgan fingerprint density at radius 3 is 2.46 bits per heavy atom. The zero-order valence-corrected chi connectivity index (χ0v) is 17.2. The quantitative estimate of drug-likeness (QED) is 0.568. The van der Waals surface area contributed by atoms with Crippen LogP contribution in [0.4, 0.5) is 0 Å². The average Bonchev–Trinajstić information content (AvgIpc) is 3.08. The number of aromatic nitrogens is 2. The van der Waals surface area contributed by atoms with E-state index < -0.39 is 16.1 Å². The van der Waals surface area contributed by atoms with E-state index in [9.17, 15) is 13.2 Å². The van der Waals surface area contributed by atoms with Gasteiger partial charge in [-0.2, -0.15) is 9.71 Å². The van der Waals surface area contributed by atoms with Crippen LogP contribution < -0.4 is 14.8 Å². The maximum absolute atomic E-state index is 12.6. The van der Waals surface area contributed by atoms with Crippen LogP contribution in [0.1, 0.15) is 32.0 Å². The van der Waals surface area contributed by atoms with Gasteiger partial charge in [-0.05, 0) is 43.5 Å². The van der Waals surface area contributed by atoms with Crippen molar-refractivity contribution in [2.45, 2.75) is 44.6 Å². The Hall–Kier alpha value is -2.46. The maximum Gasteiger partial charge on any atom is 0.241 e. The fourth-order valence-corrected chi connectivity index (χ4v) is 3.83. The Bertz CT molecular complexity index is 878. The summed E-state index contributed by atoms with van der Waals surface area (Å²) in [5.74, 6) is 1.01. The third-order valence-electron chi connectivity index (χ3n) is 4.04. The molecule has 1 amide bonds. The van der Waals surface area contributed by atoms with Crippen molar-refractivity contribution >= 4 is 15.9 Å². The van der Waals surface area contributed by atoms with Crippen molar-refractivity contribution in [1.82, 2.24) is 20.2 Å². The van der Waals surface area contributed by atoms with Crippen LogP contribution >= 0.6 is 0 Å². The third-order valence-corrected chi connectivity index (χ3v) is 5.49. The number of ether oxygens (including phenoxy) is 1. The smallest absolute Gasteiger partial charge is 0.241 e. The molecule has 0 saturated heterocycles. The van der Waals surface area contributed by atoms with Crippen molar-refractivity contribution in [2.24, 2.45) is 5.92 Å². The van der Waals surface area contributed by atoms with Crippen LogP contribution in [-0.2, 0) is 21.2 Å². The maximum atomic E-state index is 12.6. The number of hydrogen-bond donors (Lipinski definition) is 2. The number of benzene rings is 1. The van der Waals surface area contributed by atoms with Crippen LogP contribution in [0.25, 0.3) is 0 Å². The van der Waals surface area contributed by atoms with E-state index in [0.29, 0.717) is 36.9 Å². The first-order valence-corrected chi connectivity index (χ1v) is 10.4. The van der Waals surface area contributed by atoms with Gasteiger partial charge in [0.15, 0.2) is 5.82 Å². The zero-order valence-electron chi connectivity index (χ0n) is 16.4. The summed E-state index contributed by atoms with van der Waals surface area (Å²) in [7, 11) is -2.34. The number of nitrogens with one attached hydrogen (secondary N) is 2. The summed E-state index contributed by atoms with van der Waals surface area (Å²) in [5.41, 5.74) is 0. The molecule has 9 nitrogen and oxygen atoms in total. The molecule has 2 aromatic rings. The predicted octanol–water partition coefficient (Wildman–Crippen LogP) is 1.44. The molecule has 2 N–H and O–H groups in total. The largest absolute Gasteiger partial charge is 0.497 e. The lowest BCUT2D eigenvalue weighted by Gasteiger charge is -2.21. The number of methoxy groups -OCH3 is 1. The van der Waals surface area contributed by atoms with E-state index in [1.807, 2.05) is 0 Å². The average molecular weight is 410 g/mol. The van der Waals surface area contributed by atoms with Crippen LogP contribution in [-0.4, -0.2) is 44.2 Å². The van der Waals surface area contributed by atoms with Gasteiger partial charge in [0.1, 0.15) is 11.8 Å². The van der Waals surface area contributed by atoms with E-state index in [1.165, 1.54) is 19.2 Å². The van der Waals surface area contributed by atoms with Gasteiger partial charge in [0.2, 0.25) is 21.8 Å². The molecule has 0 unspecified atom stereocenters. The number of amides is 1. The standard InChI is InChI=1S/C18H26N4O5S/c1-12(2)17(18(23)19-11-5-6-16-20-13(3)21-27-16)22-28(24,25)15-9-7-14(26-4)8-10-15/h7-10,12,17,22H,5-6,11H2,1-4H3,(H,19,23)/t17-/m0/s1. The summed E-state index contributed by atoms with van der Waals surface area (Å²) in [5, 5.41) is 6.46. The van der Waals surface area contributed by atoms with Gasteiger partial charge in [-0.25, -0.2) is 8.42 Å². The number of rotatable bonds is 10. The molecule has 0 aliphatic heterocycles. The van der Waals surface area contributed by atoms with Crippen molar-refractivity contribution in [1.29, 1.82) is 0 Å². The van der Waals surface area contributed by atoms with Gasteiger partial charge in [0.05, 0.1) is 12.0 Å². The fourth-order valence-electron chi connectivity index (χ4n) is 2.49. The first-order chi connectivity index (χ1) is 13.2. The van der Waals surface area contributed by atoms with E-state index in [4.69, 9.17) is 9.26 Å². The highest BCUT2D eigenvalue weighted by Gasteiger charge is 2.28. The molecule has 1 heterocycles. The third kappa shape index (κ3) is 6.03. The Kier molecular flexibility index (Phi) is 7.53. The molecule has 10 heteroatoms. The molecule has 2 rings (SSSR count). The van der Waals surface area contributed by atoms with Gasteiger partial charge in [-0.3, -0.25) is 4.79 Å². The molecule has 0 aliphatic rings. The topological polar surface area (TPSA) is 123 Å². The first kappa shape index (κ1) is 21.8. The SMILES string of the molecule is COc1ccc(S(=O)(=O)N[C@H](C(=O)NCCCc2nc(C)no2)C(C)C)cc1. The van der Waals surface area contributed by atoms with Crippen molar-refractivity contribution in [3.63, 3.8) is 0 Å². The summed E-state index contributed by atoms with van der Waals surface area (Å²) < 4.78 is 37.8. The van der Waals surface area contributed by atoms with Gasteiger partial charge in [-0.15, -0.1) is 0 Å². The number of hydrogen-bond acceptors (Lipinski definition) is 7. The lowest BCUT2D eigenvalue weighted by Crippen LogP contribution is -2.49. The molecular weight excluding hydrogens is 384 g/mol. The van der Waals surface area contributed by atoms with Crippen molar-refractivity contribution in [2.75, 3.05) is 13.7 Å². The molecule has 0 aliphatic carbocycles. The van der Waals surface area contributed by atoms with Crippen molar-refractivity contribution in [3.05, 3.63) is 36.0 Å². The minimum Gasteiger partial charge on any atom is -0.497 e. The molecule has 0 saturated carbocycles. The molecule has 0 bridgehead atoms. The van der Waals surface area contributed by atoms with Gasteiger partial charge in [0.25, 0.3) is 0 Å². The summed E-state index contributed by atoms with van der Waals surface area (Å²) in [4.78, 5) is 16.7. The summed E-state index contributed by atoms with van der Waals surface area (Å²) in [6, 6.07) is 5.08. The minimum atomic E-state index is -3.84. The first-order valence-electron chi connectivity index (χ1n) is 8.96. The lowest BCUT2D eigenvalue weighted by atomic mass is 10.1. The summed E-state index contributed by atoms with van der Waals surface area (Å²) in [6.07, 6.45) is 1.13. The minimum absolute atomic E-state index is 0.0681. The molecule has 1 atom stereocenters. The van der Waals surface area contributed by atoms with Crippen LogP contribution in [0.3, 0.4) is 0 Å². The van der Waals surface area contributed by atoms with Crippen molar-refractivity contribution < 1.29 is 22.5 Å². The van der Waals surface area contributed by atoms with E-state index in [-0.39, 0.29) is 16.7 Å². The van der Waals surface area contributed by atoms with Crippen molar-refractivity contribution in [3.8, 4) is 5.75 Å². The second-order valence-corrected chi connectivity index (χ2v) is 8.36. The van der Waals surface area contributed by atoms with E-state index in [2.05, 4.69) is 20.2 Å². The van der Waals surface area contributed by atoms with E-state index >= 15 is 0 Å². The Balaban J connectivity index is 1.93. The Labute approximate surface area is 164 Å². The van der Waals surface area contributed by atoms with Crippen LogP contribution in [0, 0.1) is 12.8 Å². The molecule has 0 fully saturated rings. The van der Waals surface area contributed by atoms with Crippen LogP contribution in [0.5, 0.6) is 5.75 Å². The normalized spacial score (nSPS) is 12.8. The molecule has 28 heavy (non-hydrogen) atoms. The number of sulfonamides is 1. The Morgan fingerprint density at radius 1 is 1.25 bits per heavy atom. The molecule has 1 aromatic heterocycles. The number of carbonyl (C=O) groups excluding carboxylic acids is 1. The van der Waals surface area contributed by atoms with E-state index in [0.717, 1.165) is 0 Å². The molecule has 0 radical (unpaired) electrons. The number of aryl methyl sites for hydroxylation is 2. The summed E-state index contributed by atoms with van der Waals surface area (Å²) in [6.45, 7) is 5.66. The highest BCUT2D eigenvalue weighted by Crippen LogP contribution is 2.16. The summed E-state index contributed by atoms with van der Waals surface area (Å²) >= 11 is 0. The molecule has 0 spiro atoms. The Morgan fingerprint density at radius 2 is 1.93 bits per heavy atom. The molecule has 154 valence electrons. The monoisotopic (exact) mass is 410 g/mol. The van der Waals surface area contributed by atoms with Crippen LogP contribution in [0.2, 0.25) is 0 Å². The van der Waals surface area contributed by atoms with Gasteiger partial charge in [-0.1, -0.05) is 19.0 Å².